The van der Waals surface area contributed by atoms with Crippen molar-refractivity contribution in [3.8, 4) is 5.75 Å². The van der Waals surface area contributed by atoms with Crippen molar-refractivity contribution in [1.82, 2.24) is 15.3 Å². The van der Waals surface area contributed by atoms with Gasteiger partial charge in [0, 0.05) is 6.20 Å². The number of hydrogen-bond donors (Lipinski definition) is 1. The number of ether oxygens (including phenoxy) is 1. The molecule has 1 aliphatic carbocycles. The molecule has 1 unspecified atom stereocenters. The summed E-state index contributed by atoms with van der Waals surface area (Å²) in [4.78, 5) is 8.33. The molecule has 0 saturated heterocycles. The molecule has 0 amide bonds. The molecule has 1 aliphatic rings. The fraction of sp³-hybridized carbons (Fsp3) is 0.375. The first kappa shape index (κ1) is 13.1. The molecule has 1 fully saturated rings. The first-order valence-corrected chi connectivity index (χ1v) is 7.12. The maximum atomic E-state index is 5.78. The molecule has 1 saturated carbocycles. The van der Waals surface area contributed by atoms with Crippen molar-refractivity contribution in [1.29, 1.82) is 0 Å². The number of rotatable bonds is 6. The zero-order valence-electron chi connectivity index (χ0n) is 11.6. The Balaban J connectivity index is 1.79. The number of nitrogens with one attached hydrogen (secondary N) is 1. The molecule has 0 spiro atoms. The van der Waals surface area contributed by atoms with Gasteiger partial charge in [-0.1, -0.05) is 19.1 Å². The zero-order chi connectivity index (χ0) is 13.8. The molecule has 2 aromatic rings. The lowest BCUT2D eigenvalue weighted by Crippen LogP contribution is -2.22. The van der Waals surface area contributed by atoms with Crippen LogP contribution in [0.3, 0.4) is 0 Å². The van der Waals surface area contributed by atoms with Crippen LogP contribution in [-0.2, 0) is 0 Å². The molecule has 104 valence electrons. The molecular formula is C16H19N3O. The standard InChI is InChI=1S/C16H19N3O/c1-2-18-16(15-9-10-17-11-19-15)12-3-5-13(6-4-12)20-14-7-8-14/h3-6,9-11,14,16,18H,2,7-8H2,1H3. The van der Waals surface area contributed by atoms with Gasteiger partial charge in [0.1, 0.15) is 12.1 Å². The summed E-state index contributed by atoms with van der Waals surface area (Å²) in [6, 6.07) is 10.3. The van der Waals surface area contributed by atoms with Gasteiger partial charge in [0.2, 0.25) is 0 Å². The number of hydrogen-bond acceptors (Lipinski definition) is 4. The van der Waals surface area contributed by atoms with Gasteiger partial charge in [-0.05, 0) is 43.1 Å². The van der Waals surface area contributed by atoms with Gasteiger partial charge in [0.15, 0.2) is 0 Å². The highest BCUT2D eigenvalue weighted by Crippen LogP contribution is 2.28. The highest BCUT2D eigenvalue weighted by atomic mass is 16.5. The van der Waals surface area contributed by atoms with Crippen LogP contribution in [0.15, 0.2) is 42.9 Å². The van der Waals surface area contributed by atoms with Gasteiger partial charge in [-0.2, -0.15) is 0 Å². The normalized spacial score (nSPS) is 15.8. The lowest BCUT2D eigenvalue weighted by Gasteiger charge is -2.18. The zero-order valence-corrected chi connectivity index (χ0v) is 11.6. The van der Waals surface area contributed by atoms with E-state index < -0.39 is 0 Å². The van der Waals surface area contributed by atoms with Gasteiger partial charge in [-0.15, -0.1) is 0 Å². The average molecular weight is 269 g/mol. The van der Waals surface area contributed by atoms with E-state index in [1.165, 1.54) is 18.4 Å². The first-order valence-electron chi connectivity index (χ1n) is 7.12. The van der Waals surface area contributed by atoms with Crippen LogP contribution in [-0.4, -0.2) is 22.6 Å². The summed E-state index contributed by atoms with van der Waals surface area (Å²) in [5.74, 6) is 0.953. The van der Waals surface area contributed by atoms with E-state index in [1.54, 1.807) is 12.5 Å². The van der Waals surface area contributed by atoms with Gasteiger partial charge >= 0.3 is 0 Å². The Hall–Kier alpha value is -1.94. The van der Waals surface area contributed by atoms with E-state index in [9.17, 15) is 0 Å². The topological polar surface area (TPSA) is 47.0 Å². The summed E-state index contributed by atoms with van der Waals surface area (Å²) in [6.45, 7) is 2.98. The number of benzene rings is 1. The van der Waals surface area contributed by atoms with Crippen LogP contribution >= 0.6 is 0 Å². The molecule has 1 heterocycles. The Morgan fingerprint density at radius 1 is 1.25 bits per heavy atom. The Morgan fingerprint density at radius 3 is 2.65 bits per heavy atom. The monoisotopic (exact) mass is 269 g/mol. The Morgan fingerprint density at radius 2 is 2.05 bits per heavy atom. The molecule has 1 aromatic carbocycles. The van der Waals surface area contributed by atoms with E-state index in [0.717, 1.165) is 18.0 Å². The highest BCUT2D eigenvalue weighted by Gasteiger charge is 2.23. The molecule has 0 aliphatic heterocycles. The largest absolute Gasteiger partial charge is 0.490 e. The molecular weight excluding hydrogens is 250 g/mol. The van der Waals surface area contributed by atoms with Crippen LogP contribution in [0, 0.1) is 0 Å². The summed E-state index contributed by atoms with van der Waals surface area (Å²) in [7, 11) is 0. The molecule has 1 aromatic heterocycles. The molecule has 3 rings (SSSR count). The summed E-state index contributed by atoms with van der Waals surface area (Å²) >= 11 is 0. The van der Waals surface area contributed by atoms with Gasteiger partial charge in [-0.3, -0.25) is 0 Å². The molecule has 20 heavy (non-hydrogen) atoms. The van der Waals surface area contributed by atoms with Crippen molar-refractivity contribution in [3.63, 3.8) is 0 Å². The summed E-state index contributed by atoms with van der Waals surface area (Å²) in [6.07, 6.45) is 6.17. The third-order valence-corrected chi connectivity index (χ3v) is 3.35. The fourth-order valence-corrected chi connectivity index (χ4v) is 2.19. The van der Waals surface area contributed by atoms with Gasteiger partial charge in [-0.25, -0.2) is 9.97 Å². The van der Waals surface area contributed by atoms with E-state index in [1.807, 2.05) is 18.2 Å². The minimum absolute atomic E-state index is 0.0953. The van der Waals surface area contributed by atoms with Crippen LogP contribution < -0.4 is 10.1 Å². The Labute approximate surface area is 119 Å². The van der Waals surface area contributed by atoms with E-state index in [4.69, 9.17) is 4.74 Å². The van der Waals surface area contributed by atoms with Crippen molar-refractivity contribution < 1.29 is 4.74 Å². The van der Waals surface area contributed by atoms with Crippen molar-refractivity contribution in [2.24, 2.45) is 0 Å². The molecule has 0 bridgehead atoms. The quantitative estimate of drug-likeness (QED) is 0.876. The third kappa shape index (κ3) is 3.14. The number of nitrogens with zero attached hydrogens (tertiary/aromatic N) is 2. The molecule has 4 heteroatoms. The summed E-state index contributed by atoms with van der Waals surface area (Å²) in [5, 5.41) is 3.46. The second-order valence-electron chi connectivity index (χ2n) is 5.01. The highest BCUT2D eigenvalue weighted by molar-refractivity contribution is 5.33. The van der Waals surface area contributed by atoms with Gasteiger partial charge in [0.25, 0.3) is 0 Å². The minimum Gasteiger partial charge on any atom is -0.490 e. The van der Waals surface area contributed by atoms with Crippen LogP contribution in [0.1, 0.15) is 37.1 Å². The lowest BCUT2D eigenvalue weighted by atomic mass is 10.0. The average Bonchev–Trinajstić information content (AvgIpc) is 3.31. The van der Waals surface area contributed by atoms with Crippen LogP contribution in [0.4, 0.5) is 0 Å². The van der Waals surface area contributed by atoms with Crippen molar-refractivity contribution in [2.45, 2.75) is 31.9 Å². The predicted octanol–water partition coefficient (Wildman–Crippen LogP) is 2.72. The van der Waals surface area contributed by atoms with Crippen LogP contribution in [0.25, 0.3) is 0 Å². The fourth-order valence-electron chi connectivity index (χ4n) is 2.19. The minimum atomic E-state index is 0.0953. The maximum absolute atomic E-state index is 5.78. The maximum Gasteiger partial charge on any atom is 0.119 e. The number of aromatic nitrogens is 2. The lowest BCUT2D eigenvalue weighted by molar-refractivity contribution is 0.303. The van der Waals surface area contributed by atoms with Crippen molar-refractivity contribution >= 4 is 0 Å². The Bertz CT molecular complexity index is 537. The molecule has 1 N–H and O–H groups in total. The SMILES string of the molecule is CCNC(c1ccc(OC2CC2)cc1)c1ccncn1. The van der Waals surface area contributed by atoms with E-state index in [2.05, 4.69) is 34.3 Å². The molecule has 4 nitrogen and oxygen atoms in total. The van der Waals surface area contributed by atoms with Crippen LogP contribution in [0.5, 0.6) is 5.75 Å². The summed E-state index contributed by atoms with van der Waals surface area (Å²) < 4.78 is 5.78. The van der Waals surface area contributed by atoms with Crippen molar-refractivity contribution in [2.75, 3.05) is 6.54 Å². The summed E-state index contributed by atoms with van der Waals surface area (Å²) in [5.41, 5.74) is 2.17. The van der Waals surface area contributed by atoms with E-state index in [-0.39, 0.29) is 6.04 Å². The third-order valence-electron chi connectivity index (χ3n) is 3.35. The molecule has 1 atom stereocenters. The van der Waals surface area contributed by atoms with E-state index >= 15 is 0 Å². The van der Waals surface area contributed by atoms with Gasteiger partial charge in [0.05, 0.1) is 17.8 Å². The first-order chi connectivity index (χ1) is 9.86. The Kier molecular flexibility index (Phi) is 3.92. The smallest absolute Gasteiger partial charge is 0.119 e. The second kappa shape index (κ2) is 6.01. The van der Waals surface area contributed by atoms with E-state index in [0.29, 0.717) is 6.10 Å². The second-order valence-corrected chi connectivity index (χ2v) is 5.01. The molecule has 0 radical (unpaired) electrons. The predicted molar refractivity (Wildman–Crippen MR) is 77.6 cm³/mol. The van der Waals surface area contributed by atoms with Crippen molar-refractivity contribution in [3.05, 3.63) is 54.1 Å². The van der Waals surface area contributed by atoms with Gasteiger partial charge < -0.3 is 10.1 Å². The van der Waals surface area contributed by atoms with Crippen LogP contribution in [0.2, 0.25) is 0 Å².